The summed E-state index contributed by atoms with van der Waals surface area (Å²) < 4.78 is 0. The minimum atomic E-state index is 0.179. The first kappa shape index (κ1) is 10.3. The van der Waals surface area contributed by atoms with Crippen LogP contribution >= 0.6 is 0 Å². The van der Waals surface area contributed by atoms with Gasteiger partial charge in [-0.15, -0.1) is 6.58 Å². The summed E-state index contributed by atoms with van der Waals surface area (Å²) in [6.07, 6.45) is 3.89. The van der Waals surface area contributed by atoms with E-state index in [2.05, 4.69) is 11.9 Å². The van der Waals surface area contributed by atoms with Crippen LogP contribution in [0.3, 0.4) is 0 Å². The van der Waals surface area contributed by atoms with E-state index in [0.717, 1.165) is 25.9 Å². The molecule has 1 rings (SSSR count). The molecule has 0 aromatic carbocycles. The highest BCUT2D eigenvalue weighted by molar-refractivity contribution is 5.79. The fourth-order valence-electron chi connectivity index (χ4n) is 1.66. The molecule has 0 aromatic rings. The van der Waals surface area contributed by atoms with Crippen molar-refractivity contribution in [2.75, 3.05) is 26.7 Å². The van der Waals surface area contributed by atoms with Gasteiger partial charge < -0.3 is 10.2 Å². The summed E-state index contributed by atoms with van der Waals surface area (Å²) in [7, 11) is 1.83. The molecule has 1 fully saturated rings. The van der Waals surface area contributed by atoms with Gasteiger partial charge in [-0.3, -0.25) is 4.79 Å². The van der Waals surface area contributed by atoms with Crippen LogP contribution in [0.15, 0.2) is 12.7 Å². The number of likely N-dealkylation sites (N-methyl/N-ethyl adjacent to an activating group) is 1. The molecule has 1 heterocycles. The van der Waals surface area contributed by atoms with Gasteiger partial charge in [0.1, 0.15) is 0 Å². The smallest absolute Gasteiger partial charge is 0.226 e. The maximum Gasteiger partial charge on any atom is 0.226 e. The topological polar surface area (TPSA) is 32.3 Å². The van der Waals surface area contributed by atoms with Crippen LogP contribution < -0.4 is 5.32 Å². The average molecular weight is 182 g/mol. The van der Waals surface area contributed by atoms with Gasteiger partial charge in [-0.25, -0.2) is 0 Å². The van der Waals surface area contributed by atoms with E-state index in [9.17, 15) is 4.79 Å². The lowest BCUT2D eigenvalue weighted by molar-refractivity contribution is -0.134. The van der Waals surface area contributed by atoms with Crippen molar-refractivity contribution in [2.24, 2.45) is 5.92 Å². The van der Waals surface area contributed by atoms with Crippen LogP contribution in [0.25, 0.3) is 0 Å². The molecule has 1 unspecified atom stereocenters. The maximum absolute atomic E-state index is 11.7. The largest absolute Gasteiger partial charge is 0.342 e. The van der Waals surface area contributed by atoms with E-state index in [1.165, 1.54) is 0 Å². The predicted octanol–water partition coefficient (Wildman–Crippen LogP) is 0.630. The number of rotatable bonds is 3. The second kappa shape index (κ2) is 5.02. The second-order valence-corrected chi connectivity index (χ2v) is 3.55. The van der Waals surface area contributed by atoms with E-state index in [4.69, 9.17) is 0 Å². The quantitative estimate of drug-likeness (QED) is 0.649. The van der Waals surface area contributed by atoms with Crippen molar-refractivity contribution in [2.45, 2.75) is 12.8 Å². The molecular formula is C10H18N2O. The standard InChI is InChI=1S/C10H18N2O/c1-3-7-12(2)10(13)9-5-4-6-11-8-9/h3,9,11H,1,4-8H2,2H3. The number of hydrogen-bond acceptors (Lipinski definition) is 2. The lowest BCUT2D eigenvalue weighted by Crippen LogP contribution is -2.41. The van der Waals surface area contributed by atoms with Gasteiger partial charge in [0, 0.05) is 20.1 Å². The molecule has 1 atom stereocenters. The fraction of sp³-hybridized carbons (Fsp3) is 0.700. The Kier molecular flexibility index (Phi) is 3.96. The Labute approximate surface area is 79.8 Å². The van der Waals surface area contributed by atoms with Gasteiger partial charge in [0.2, 0.25) is 5.91 Å². The Morgan fingerprint density at radius 2 is 2.54 bits per heavy atom. The van der Waals surface area contributed by atoms with Crippen molar-refractivity contribution in [1.82, 2.24) is 10.2 Å². The van der Waals surface area contributed by atoms with Crippen LogP contribution in [0, 0.1) is 5.92 Å². The zero-order valence-corrected chi connectivity index (χ0v) is 8.25. The molecule has 0 spiro atoms. The highest BCUT2D eigenvalue weighted by atomic mass is 16.2. The summed E-state index contributed by atoms with van der Waals surface area (Å²) in [5, 5.41) is 3.24. The Hall–Kier alpha value is -0.830. The number of carbonyl (C=O) groups is 1. The Bertz CT molecular complexity index is 185. The first-order valence-corrected chi connectivity index (χ1v) is 4.82. The predicted molar refractivity (Wildman–Crippen MR) is 53.4 cm³/mol. The monoisotopic (exact) mass is 182 g/mol. The van der Waals surface area contributed by atoms with Crippen molar-refractivity contribution in [3.05, 3.63) is 12.7 Å². The van der Waals surface area contributed by atoms with E-state index < -0.39 is 0 Å². The molecule has 1 aliphatic heterocycles. The van der Waals surface area contributed by atoms with Crippen molar-refractivity contribution < 1.29 is 4.79 Å². The molecule has 0 bridgehead atoms. The van der Waals surface area contributed by atoms with E-state index in [-0.39, 0.29) is 11.8 Å². The Morgan fingerprint density at radius 3 is 3.08 bits per heavy atom. The van der Waals surface area contributed by atoms with Crippen molar-refractivity contribution in [3.8, 4) is 0 Å². The van der Waals surface area contributed by atoms with Gasteiger partial charge in [0.25, 0.3) is 0 Å². The average Bonchev–Trinajstić information content (AvgIpc) is 2.18. The Balaban J connectivity index is 2.40. The van der Waals surface area contributed by atoms with Gasteiger partial charge in [0.15, 0.2) is 0 Å². The van der Waals surface area contributed by atoms with Crippen molar-refractivity contribution in [1.29, 1.82) is 0 Å². The van der Waals surface area contributed by atoms with Gasteiger partial charge in [-0.2, -0.15) is 0 Å². The third kappa shape index (κ3) is 2.84. The zero-order chi connectivity index (χ0) is 9.68. The van der Waals surface area contributed by atoms with Crippen LogP contribution in [0.4, 0.5) is 0 Å². The van der Waals surface area contributed by atoms with E-state index >= 15 is 0 Å². The number of piperidine rings is 1. The third-order valence-corrected chi connectivity index (χ3v) is 2.43. The molecule has 3 heteroatoms. The van der Waals surface area contributed by atoms with Gasteiger partial charge >= 0.3 is 0 Å². The van der Waals surface area contributed by atoms with Crippen LogP contribution in [-0.2, 0) is 4.79 Å². The van der Waals surface area contributed by atoms with Gasteiger partial charge in [-0.1, -0.05) is 6.08 Å². The number of nitrogens with zero attached hydrogens (tertiary/aromatic N) is 1. The Morgan fingerprint density at radius 1 is 1.77 bits per heavy atom. The van der Waals surface area contributed by atoms with Crippen LogP contribution in [-0.4, -0.2) is 37.5 Å². The zero-order valence-electron chi connectivity index (χ0n) is 8.25. The van der Waals surface area contributed by atoms with Crippen LogP contribution in [0.5, 0.6) is 0 Å². The molecule has 13 heavy (non-hydrogen) atoms. The van der Waals surface area contributed by atoms with Crippen LogP contribution in [0.2, 0.25) is 0 Å². The van der Waals surface area contributed by atoms with Gasteiger partial charge in [-0.05, 0) is 19.4 Å². The summed E-state index contributed by atoms with van der Waals surface area (Å²) >= 11 is 0. The molecule has 1 N–H and O–H groups in total. The minimum absolute atomic E-state index is 0.179. The molecule has 0 radical (unpaired) electrons. The molecule has 0 aromatic heterocycles. The highest BCUT2D eigenvalue weighted by Crippen LogP contribution is 2.12. The molecule has 1 saturated heterocycles. The fourth-order valence-corrected chi connectivity index (χ4v) is 1.66. The molecule has 0 aliphatic carbocycles. The van der Waals surface area contributed by atoms with Crippen molar-refractivity contribution in [3.63, 3.8) is 0 Å². The minimum Gasteiger partial charge on any atom is -0.342 e. The summed E-state index contributed by atoms with van der Waals surface area (Å²) in [6.45, 7) is 6.15. The molecular weight excluding hydrogens is 164 g/mol. The number of amides is 1. The number of carbonyl (C=O) groups excluding carboxylic acids is 1. The number of nitrogens with one attached hydrogen (secondary N) is 1. The molecule has 74 valence electrons. The highest BCUT2D eigenvalue weighted by Gasteiger charge is 2.22. The summed E-state index contributed by atoms with van der Waals surface area (Å²) in [4.78, 5) is 13.5. The molecule has 1 amide bonds. The van der Waals surface area contributed by atoms with Crippen LogP contribution in [0.1, 0.15) is 12.8 Å². The first-order chi connectivity index (χ1) is 6.25. The molecule has 1 aliphatic rings. The summed E-state index contributed by atoms with van der Waals surface area (Å²) in [5.41, 5.74) is 0. The summed E-state index contributed by atoms with van der Waals surface area (Å²) in [5.74, 6) is 0.422. The maximum atomic E-state index is 11.7. The first-order valence-electron chi connectivity index (χ1n) is 4.82. The van der Waals surface area contributed by atoms with E-state index in [0.29, 0.717) is 6.54 Å². The lowest BCUT2D eigenvalue weighted by Gasteiger charge is -2.26. The third-order valence-electron chi connectivity index (χ3n) is 2.43. The van der Waals surface area contributed by atoms with Crippen molar-refractivity contribution >= 4 is 5.91 Å². The second-order valence-electron chi connectivity index (χ2n) is 3.55. The SMILES string of the molecule is C=CCN(C)C(=O)C1CCCNC1. The van der Waals surface area contributed by atoms with E-state index in [1.54, 1.807) is 11.0 Å². The summed E-state index contributed by atoms with van der Waals surface area (Å²) in [6, 6.07) is 0. The normalized spacial score (nSPS) is 22.4. The van der Waals surface area contributed by atoms with Gasteiger partial charge in [0.05, 0.1) is 5.92 Å². The molecule has 3 nitrogen and oxygen atoms in total. The number of hydrogen-bond donors (Lipinski definition) is 1. The molecule has 0 saturated carbocycles. The van der Waals surface area contributed by atoms with E-state index in [1.807, 2.05) is 7.05 Å². The lowest BCUT2D eigenvalue weighted by atomic mass is 9.98.